The average Bonchev–Trinajstić information content (AvgIpc) is 2.47. The molecule has 0 aromatic carbocycles. The number of nitrogens with zero attached hydrogens (tertiary/aromatic N) is 4. The normalized spacial score (nSPS) is 10.7. The van der Waals surface area contributed by atoms with E-state index in [0.29, 0.717) is 11.0 Å². The highest BCUT2D eigenvalue weighted by molar-refractivity contribution is 14.1. The smallest absolute Gasteiger partial charge is 0.219 e. The Morgan fingerprint density at radius 2 is 1.87 bits per heavy atom. The van der Waals surface area contributed by atoms with E-state index in [1.165, 1.54) is 0 Å². The monoisotopic (exact) mass is 334 g/mol. The van der Waals surface area contributed by atoms with Gasteiger partial charge < -0.3 is 0 Å². The minimum atomic E-state index is 0.544. The minimum absolute atomic E-state index is 0.544. The third kappa shape index (κ3) is 1.98. The number of halogens is 2. The quantitative estimate of drug-likeness (QED) is 0.753. The second kappa shape index (κ2) is 4.05. The molecule has 2 aromatic heterocycles. The fraction of sp³-hybridized carbons (Fsp3) is 0.222. The highest BCUT2D eigenvalue weighted by atomic mass is 127. The Morgan fingerprint density at radius 3 is 2.33 bits per heavy atom. The first kappa shape index (κ1) is 10.8. The number of aryl methyl sites for hydroxylation is 1. The van der Waals surface area contributed by atoms with E-state index in [0.717, 1.165) is 15.0 Å². The van der Waals surface area contributed by atoms with Crippen LogP contribution >= 0.6 is 34.2 Å². The lowest BCUT2D eigenvalue weighted by Crippen LogP contribution is -2.04. The molecule has 0 aliphatic rings. The summed E-state index contributed by atoms with van der Waals surface area (Å²) in [5, 5.41) is 4.93. The Kier molecular flexibility index (Phi) is 2.92. The van der Waals surface area contributed by atoms with Crippen LogP contribution in [0.4, 0.5) is 0 Å². The molecular weight excluding hydrogens is 326 g/mol. The first-order valence-corrected chi connectivity index (χ1v) is 5.75. The first-order chi connectivity index (χ1) is 7.09. The van der Waals surface area contributed by atoms with E-state index < -0.39 is 0 Å². The molecule has 0 radical (unpaired) electrons. The predicted molar refractivity (Wildman–Crippen MR) is 66.4 cm³/mol. The van der Waals surface area contributed by atoms with Crippen molar-refractivity contribution in [2.45, 2.75) is 13.8 Å². The topological polar surface area (TPSA) is 43.6 Å². The van der Waals surface area contributed by atoms with Gasteiger partial charge in [-0.1, -0.05) is 11.6 Å². The van der Waals surface area contributed by atoms with Gasteiger partial charge in [-0.3, -0.25) is 0 Å². The van der Waals surface area contributed by atoms with Gasteiger partial charge in [0, 0.05) is 16.0 Å². The van der Waals surface area contributed by atoms with Gasteiger partial charge in [0.05, 0.1) is 16.4 Å². The summed E-state index contributed by atoms with van der Waals surface area (Å²) in [6.07, 6.45) is 3.49. The summed E-state index contributed by atoms with van der Waals surface area (Å²) >= 11 is 8.19. The molecule has 6 heteroatoms. The number of rotatable bonds is 1. The summed E-state index contributed by atoms with van der Waals surface area (Å²) in [5.41, 5.74) is 1.65. The van der Waals surface area contributed by atoms with Crippen molar-refractivity contribution >= 4 is 34.2 Å². The van der Waals surface area contributed by atoms with Gasteiger partial charge in [-0.05, 0) is 36.4 Å². The standard InChI is InChI=1S/C9H8ClIN4/c1-5-8(10)6(2)15(14-5)9-12-3-7(11)4-13-9/h3-4H,1-2H3. The molecular formula is C9H8ClIN4. The summed E-state index contributed by atoms with van der Waals surface area (Å²) in [5.74, 6) is 0.544. The molecule has 0 aliphatic carbocycles. The molecule has 0 aliphatic heterocycles. The maximum absolute atomic E-state index is 6.04. The molecule has 0 saturated heterocycles. The fourth-order valence-corrected chi connectivity index (χ4v) is 1.63. The Bertz CT molecular complexity index is 492. The second-order valence-corrected chi connectivity index (χ2v) is 4.72. The van der Waals surface area contributed by atoms with Crippen LogP contribution in [0.5, 0.6) is 0 Å². The summed E-state index contributed by atoms with van der Waals surface area (Å²) < 4.78 is 2.64. The fourth-order valence-electron chi connectivity index (χ4n) is 1.23. The van der Waals surface area contributed by atoms with Crippen LogP contribution in [-0.4, -0.2) is 19.7 Å². The first-order valence-electron chi connectivity index (χ1n) is 4.29. The van der Waals surface area contributed by atoms with Crippen LogP contribution < -0.4 is 0 Å². The Labute approximate surface area is 106 Å². The lowest BCUT2D eigenvalue weighted by Gasteiger charge is -2.01. The van der Waals surface area contributed by atoms with Crippen LogP contribution in [0.2, 0.25) is 5.02 Å². The Hall–Kier alpha value is -0.690. The van der Waals surface area contributed by atoms with Gasteiger partial charge in [0.15, 0.2) is 0 Å². The highest BCUT2D eigenvalue weighted by Gasteiger charge is 2.11. The third-order valence-electron chi connectivity index (χ3n) is 2.00. The van der Waals surface area contributed by atoms with Crippen LogP contribution in [0.3, 0.4) is 0 Å². The van der Waals surface area contributed by atoms with E-state index in [-0.39, 0.29) is 0 Å². The lowest BCUT2D eigenvalue weighted by atomic mass is 10.4. The van der Waals surface area contributed by atoms with Crippen LogP contribution in [0.25, 0.3) is 5.95 Å². The molecule has 0 atom stereocenters. The zero-order valence-electron chi connectivity index (χ0n) is 8.20. The zero-order valence-corrected chi connectivity index (χ0v) is 11.1. The van der Waals surface area contributed by atoms with Gasteiger partial charge in [0.25, 0.3) is 5.95 Å². The van der Waals surface area contributed by atoms with E-state index in [4.69, 9.17) is 11.6 Å². The van der Waals surface area contributed by atoms with Gasteiger partial charge in [-0.2, -0.15) is 5.10 Å². The maximum atomic E-state index is 6.04. The molecule has 4 nitrogen and oxygen atoms in total. The van der Waals surface area contributed by atoms with Gasteiger partial charge in [0.1, 0.15) is 0 Å². The van der Waals surface area contributed by atoms with E-state index in [1.54, 1.807) is 17.1 Å². The van der Waals surface area contributed by atoms with Gasteiger partial charge in [-0.15, -0.1) is 0 Å². The molecule has 0 bridgehead atoms. The summed E-state index contributed by atoms with van der Waals surface area (Å²) in [6.45, 7) is 3.75. The zero-order chi connectivity index (χ0) is 11.0. The molecule has 0 fully saturated rings. The molecule has 78 valence electrons. The SMILES string of the molecule is Cc1nn(-c2ncc(I)cn2)c(C)c1Cl. The van der Waals surface area contributed by atoms with Crippen molar-refractivity contribution in [2.24, 2.45) is 0 Å². The third-order valence-corrected chi connectivity index (χ3v) is 3.10. The summed E-state index contributed by atoms with van der Waals surface area (Å²) in [7, 11) is 0. The van der Waals surface area contributed by atoms with Crippen LogP contribution in [0.15, 0.2) is 12.4 Å². The molecule has 2 rings (SSSR count). The van der Waals surface area contributed by atoms with Crippen LogP contribution in [0, 0.1) is 17.4 Å². The molecule has 0 unspecified atom stereocenters. The number of hydrogen-bond donors (Lipinski definition) is 0. The largest absolute Gasteiger partial charge is 0.250 e. The van der Waals surface area contributed by atoms with Crippen molar-refractivity contribution in [3.63, 3.8) is 0 Å². The van der Waals surface area contributed by atoms with Crippen LogP contribution in [0.1, 0.15) is 11.4 Å². The van der Waals surface area contributed by atoms with E-state index in [1.807, 2.05) is 13.8 Å². The van der Waals surface area contributed by atoms with Crippen molar-refractivity contribution < 1.29 is 0 Å². The Morgan fingerprint density at radius 1 is 1.27 bits per heavy atom. The number of hydrogen-bond acceptors (Lipinski definition) is 3. The van der Waals surface area contributed by atoms with Gasteiger partial charge in [-0.25, -0.2) is 14.6 Å². The van der Waals surface area contributed by atoms with E-state index >= 15 is 0 Å². The summed E-state index contributed by atoms with van der Waals surface area (Å²) in [6, 6.07) is 0. The van der Waals surface area contributed by atoms with Crippen molar-refractivity contribution in [2.75, 3.05) is 0 Å². The molecule has 2 heterocycles. The van der Waals surface area contributed by atoms with Gasteiger partial charge in [0.2, 0.25) is 0 Å². The molecule has 2 aromatic rings. The van der Waals surface area contributed by atoms with Crippen molar-refractivity contribution in [3.8, 4) is 5.95 Å². The average molecular weight is 335 g/mol. The number of aromatic nitrogens is 4. The second-order valence-electron chi connectivity index (χ2n) is 3.10. The van der Waals surface area contributed by atoms with Crippen molar-refractivity contribution in [3.05, 3.63) is 32.4 Å². The summed E-state index contributed by atoms with van der Waals surface area (Å²) in [4.78, 5) is 8.37. The van der Waals surface area contributed by atoms with Gasteiger partial charge >= 0.3 is 0 Å². The maximum Gasteiger partial charge on any atom is 0.250 e. The van der Waals surface area contributed by atoms with E-state index in [9.17, 15) is 0 Å². The Balaban J connectivity index is 2.54. The molecule has 0 N–H and O–H groups in total. The van der Waals surface area contributed by atoms with Crippen molar-refractivity contribution in [1.82, 2.24) is 19.7 Å². The van der Waals surface area contributed by atoms with Crippen LogP contribution in [-0.2, 0) is 0 Å². The highest BCUT2D eigenvalue weighted by Crippen LogP contribution is 2.20. The molecule has 0 spiro atoms. The molecule has 15 heavy (non-hydrogen) atoms. The predicted octanol–water partition coefficient (Wildman–Crippen LogP) is 2.54. The molecule has 0 amide bonds. The van der Waals surface area contributed by atoms with Crippen molar-refractivity contribution in [1.29, 1.82) is 0 Å². The lowest BCUT2D eigenvalue weighted by molar-refractivity contribution is 0.772. The minimum Gasteiger partial charge on any atom is -0.219 e. The van der Waals surface area contributed by atoms with E-state index in [2.05, 4.69) is 37.7 Å². The molecule has 0 saturated carbocycles.